The van der Waals surface area contributed by atoms with E-state index < -0.39 is 6.04 Å². The van der Waals surface area contributed by atoms with Gasteiger partial charge in [0.25, 0.3) is 0 Å². The summed E-state index contributed by atoms with van der Waals surface area (Å²) in [7, 11) is 0. The van der Waals surface area contributed by atoms with E-state index in [1.54, 1.807) is 23.2 Å². The predicted molar refractivity (Wildman–Crippen MR) is 142 cm³/mol. The lowest BCUT2D eigenvalue weighted by Gasteiger charge is -2.42. The first kappa shape index (κ1) is 25.9. The molecule has 0 radical (unpaired) electrons. The molecule has 1 saturated carbocycles. The number of rotatable bonds is 9. The minimum atomic E-state index is -0.415. The number of carbonyl (C=O) groups excluding carboxylic acids is 2. The Bertz CT molecular complexity index is 936. The summed E-state index contributed by atoms with van der Waals surface area (Å²) in [6, 6.07) is 14.6. The van der Waals surface area contributed by atoms with Gasteiger partial charge in [-0.25, -0.2) is 0 Å². The van der Waals surface area contributed by atoms with Gasteiger partial charge in [-0.15, -0.1) is 11.3 Å². The van der Waals surface area contributed by atoms with E-state index in [2.05, 4.69) is 52.0 Å². The third-order valence-electron chi connectivity index (χ3n) is 7.76. The zero-order valence-electron chi connectivity index (χ0n) is 20.9. The van der Waals surface area contributed by atoms with Gasteiger partial charge in [-0.3, -0.25) is 14.5 Å². The molecule has 35 heavy (non-hydrogen) atoms. The fourth-order valence-corrected chi connectivity index (χ4v) is 6.53. The van der Waals surface area contributed by atoms with Crippen molar-refractivity contribution in [1.29, 1.82) is 0 Å². The summed E-state index contributed by atoms with van der Waals surface area (Å²) < 4.78 is 0. The van der Waals surface area contributed by atoms with Crippen molar-refractivity contribution in [2.45, 2.75) is 70.6 Å². The number of benzene rings is 1. The fraction of sp³-hybridized carbons (Fsp3) is 0.571. The molecule has 1 aliphatic heterocycles. The summed E-state index contributed by atoms with van der Waals surface area (Å²) in [5.74, 6) is 1.04. The lowest BCUT2D eigenvalue weighted by atomic mass is 9.81. The number of nitrogens with one attached hydrogen (secondary N) is 1. The molecular weight excluding hydrogens is 456 g/mol. The number of nitrogens with zero attached hydrogens (tertiary/aromatic N) is 2. The normalized spacial score (nSPS) is 24.9. The highest BCUT2D eigenvalue weighted by Gasteiger charge is 2.37. The molecule has 2 amide bonds. The number of piperidine rings is 1. The fourth-order valence-electron chi connectivity index (χ4n) is 5.80. The van der Waals surface area contributed by atoms with Crippen molar-refractivity contribution in [3.8, 4) is 0 Å². The summed E-state index contributed by atoms with van der Waals surface area (Å²) >= 11 is 1.77. The second kappa shape index (κ2) is 12.7. The Kier molecular flexibility index (Phi) is 9.35. The molecule has 1 saturated heterocycles. The number of likely N-dealkylation sites (tertiary alicyclic amines) is 1. The van der Waals surface area contributed by atoms with Crippen molar-refractivity contribution in [2.75, 3.05) is 19.6 Å². The van der Waals surface area contributed by atoms with Gasteiger partial charge < -0.3 is 16.0 Å². The van der Waals surface area contributed by atoms with Crippen LogP contribution in [0.15, 0.2) is 47.8 Å². The molecule has 0 bridgehead atoms. The van der Waals surface area contributed by atoms with Gasteiger partial charge in [0, 0.05) is 44.0 Å². The number of carbonyl (C=O) groups is 2. The van der Waals surface area contributed by atoms with Crippen LogP contribution in [0.25, 0.3) is 0 Å². The SMILES string of the molecule is CC(=O)N1CCC(N(Cc2ccccc2)Cc2cccs2)C[C@@H]1C(=O)NCC1CCCC(CN)C1. The number of thiophene rings is 1. The first-order valence-corrected chi connectivity index (χ1v) is 14.0. The number of nitrogens with two attached hydrogens (primary N) is 1. The van der Waals surface area contributed by atoms with Gasteiger partial charge in [0.15, 0.2) is 0 Å². The van der Waals surface area contributed by atoms with Crippen molar-refractivity contribution < 1.29 is 9.59 Å². The molecule has 0 spiro atoms. The van der Waals surface area contributed by atoms with Gasteiger partial charge >= 0.3 is 0 Å². The Morgan fingerprint density at radius 2 is 1.86 bits per heavy atom. The van der Waals surface area contributed by atoms with E-state index in [-0.39, 0.29) is 17.9 Å². The Morgan fingerprint density at radius 3 is 2.57 bits per heavy atom. The van der Waals surface area contributed by atoms with Crippen LogP contribution in [-0.2, 0) is 22.7 Å². The molecule has 4 atom stereocenters. The van der Waals surface area contributed by atoms with Gasteiger partial charge in [0.05, 0.1) is 0 Å². The van der Waals surface area contributed by atoms with Crippen LogP contribution in [0.2, 0.25) is 0 Å². The minimum Gasteiger partial charge on any atom is -0.354 e. The minimum absolute atomic E-state index is 0.00411. The summed E-state index contributed by atoms with van der Waals surface area (Å²) in [6.07, 6.45) is 6.16. The van der Waals surface area contributed by atoms with Crippen molar-refractivity contribution in [2.24, 2.45) is 17.6 Å². The molecule has 6 nitrogen and oxygen atoms in total. The van der Waals surface area contributed by atoms with E-state index in [0.29, 0.717) is 31.3 Å². The van der Waals surface area contributed by atoms with Crippen molar-refractivity contribution >= 4 is 23.2 Å². The lowest BCUT2D eigenvalue weighted by molar-refractivity contribution is -0.142. The van der Waals surface area contributed by atoms with Crippen LogP contribution < -0.4 is 11.1 Å². The van der Waals surface area contributed by atoms with Crippen LogP contribution in [0.5, 0.6) is 0 Å². The Hall–Kier alpha value is -2.22. The van der Waals surface area contributed by atoms with Gasteiger partial charge in [0.2, 0.25) is 11.8 Å². The standard InChI is InChI=1S/C28H40N4O2S/c1-21(33)32-13-12-25(16-27(32)28(34)30-18-24-10-5-9-23(15-24)17-29)31(20-26-11-6-14-35-26)19-22-7-3-2-4-8-22/h2-4,6-8,11,14,23-25,27H,5,9-10,12-13,15-20,29H2,1H3,(H,30,34)/t23?,24?,25?,27-/m1/s1. The topological polar surface area (TPSA) is 78.7 Å². The second-order valence-electron chi connectivity index (χ2n) is 10.3. The zero-order chi connectivity index (χ0) is 24.6. The van der Waals surface area contributed by atoms with E-state index in [9.17, 15) is 9.59 Å². The quantitative estimate of drug-likeness (QED) is 0.550. The van der Waals surface area contributed by atoms with Crippen LogP contribution in [0.3, 0.4) is 0 Å². The highest BCUT2D eigenvalue weighted by Crippen LogP contribution is 2.29. The number of hydrogen-bond acceptors (Lipinski definition) is 5. The molecule has 1 aliphatic carbocycles. The maximum absolute atomic E-state index is 13.4. The van der Waals surface area contributed by atoms with E-state index >= 15 is 0 Å². The van der Waals surface area contributed by atoms with Crippen molar-refractivity contribution in [3.63, 3.8) is 0 Å². The van der Waals surface area contributed by atoms with Crippen LogP contribution in [0.4, 0.5) is 0 Å². The van der Waals surface area contributed by atoms with Gasteiger partial charge in [0.1, 0.15) is 6.04 Å². The number of hydrogen-bond donors (Lipinski definition) is 2. The monoisotopic (exact) mass is 496 g/mol. The molecule has 4 rings (SSSR count). The molecule has 1 aromatic heterocycles. The summed E-state index contributed by atoms with van der Waals surface area (Å²) in [4.78, 5) is 31.4. The molecule has 2 fully saturated rings. The third-order valence-corrected chi connectivity index (χ3v) is 8.62. The predicted octanol–water partition coefficient (Wildman–Crippen LogP) is 4.01. The van der Waals surface area contributed by atoms with E-state index in [4.69, 9.17) is 5.73 Å². The van der Waals surface area contributed by atoms with Crippen molar-refractivity contribution in [3.05, 3.63) is 58.3 Å². The summed E-state index contributed by atoms with van der Waals surface area (Å²) in [5.41, 5.74) is 7.17. The van der Waals surface area contributed by atoms with Gasteiger partial charge in [-0.2, -0.15) is 0 Å². The van der Waals surface area contributed by atoms with Crippen LogP contribution in [0.1, 0.15) is 55.9 Å². The molecule has 3 N–H and O–H groups in total. The number of amides is 2. The average molecular weight is 497 g/mol. The molecule has 1 aromatic carbocycles. The summed E-state index contributed by atoms with van der Waals surface area (Å²) in [6.45, 7) is 5.31. The van der Waals surface area contributed by atoms with Gasteiger partial charge in [-0.1, -0.05) is 42.8 Å². The molecule has 2 aliphatic rings. The highest BCUT2D eigenvalue weighted by molar-refractivity contribution is 7.09. The van der Waals surface area contributed by atoms with Crippen LogP contribution >= 0.6 is 11.3 Å². The molecule has 7 heteroatoms. The Labute approximate surface area is 213 Å². The van der Waals surface area contributed by atoms with E-state index in [1.165, 1.54) is 23.3 Å². The molecule has 190 valence electrons. The second-order valence-corrected chi connectivity index (χ2v) is 11.3. The van der Waals surface area contributed by atoms with Gasteiger partial charge in [-0.05, 0) is 67.5 Å². The maximum Gasteiger partial charge on any atom is 0.242 e. The van der Waals surface area contributed by atoms with E-state index in [1.807, 2.05) is 6.07 Å². The highest BCUT2D eigenvalue weighted by atomic mass is 32.1. The first-order chi connectivity index (χ1) is 17.0. The summed E-state index contributed by atoms with van der Waals surface area (Å²) in [5, 5.41) is 5.33. The molecular formula is C28H40N4O2S. The van der Waals surface area contributed by atoms with Crippen molar-refractivity contribution in [1.82, 2.24) is 15.1 Å². The average Bonchev–Trinajstić information content (AvgIpc) is 3.40. The molecule has 2 aromatic rings. The van der Waals surface area contributed by atoms with Crippen LogP contribution in [0, 0.1) is 11.8 Å². The maximum atomic E-state index is 13.4. The first-order valence-electron chi connectivity index (χ1n) is 13.1. The Balaban J connectivity index is 1.44. The Morgan fingerprint density at radius 1 is 1.06 bits per heavy atom. The zero-order valence-corrected chi connectivity index (χ0v) is 21.7. The molecule has 3 unspecified atom stereocenters. The smallest absolute Gasteiger partial charge is 0.242 e. The molecule has 2 heterocycles. The largest absolute Gasteiger partial charge is 0.354 e. The van der Waals surface area contributed by atoms with E-state index in [0.717, 1.165) is 38.9 Å². The van der Waals surface area contributed by atoms with Crippen LogP contribution in [-0.4, -0.2) is 53.3 Å². The third kappa shape index (κ3) is 7.15. The lowest BCUT2D eigenvalue weighted by Crippen LogP contribution is -2.57.